The minimum absolute atomic E-state index is 0.0232. The number of nitrogens with zero attached hydrogens (tertiary/aromatic N) is 3. The molecule has 0 amide bonds. The normalized spacial score (nSPS) is 12.3. The molecule has 28 heavy (non-hydrogen) atoms. The van der Waals surface area contributed by atoms with Crippen LogP contribution < -0.4 is 10.3 Å². The maximum absolute atomic E-state index is 13.0. The zero-order chi connectivity index (χ0) is 21.4. The first-order valence-electron chi connectivity index (χ1n) is 6.73. The van der Waals surface area contributed by atoms with E-state index in [1.165, 1.54) is 0 Å². The summed E-state index contributed by atoms with van der Waals surface area (Å²) < 4.78 is 92.0. The van der Waals surface area contributed by atoms with Crippen LogP contribution in [0.5, 0.6) is 5.75 Å². The van der Waals surface area contributed by atoms with E-state index in [0.717, 1.165) is 0 Å². The van der Waals surface area contributed by atoms with Crippen LogP contribution in [0.1, 0.15) is 5.69 Å². The van der Waals surface area contributed by atoms with E-state index >= 15 is 0 Å². The summed E-state index contributed by atoms with van der Waals surface area (Å²) in [6.07, 6.45) is -14.0. The van der Waals surface area contributed by atoms with Gasteiger partial charge in [-0.2, -0.15) is 30.7 Å². The van der Waals surface area contributed by atoms with Gasteiger partial charge in [0.05, 0.1) is 16.0 Å². The van der Waals surface area contributed by atoms with Crippen molar-refractivity contribution in [3.8, 4) is 11.4 Å². The summed E-state index contributed by atoms with van der Waals surface area (Å²) in [4.78, 5) is 24.8. The summed E-state index contributed by atoms with van der Waals surface area (Å²) in [5.41, 5.74) is -5.04. The second-order valence-corrected chi connectivity index (χ2v) is 5.38. The molecule has 0 unspecified atom stereocenters. The number of alkyl halides is 7. The Bertz CT molecular complexity index is 978. The Morgan fingerprint density at radius 1 is 1.18 bits per heavy atom. The van der Waals surface area contributed by atoms with Gasteiger partial charge in [-0.3, -0.25) is 19.5 Å². The molecule has 15 heteroatoms. The van der Waals surface area contributed by atoms with Crippen LogP contribution in [0.2, 0.25) is 5.02 Å². The number of hydrogen-bond donors (Lipinski definition) is 0. The number of hydrogen-bond acceptors (Lipinski definition) is 5. The van der Waals surface area contributed by atoms with E-state index in [-0.39, 0.29) is 23.0 Å². The predicted octanol–water partition coefficient (Wildman–Crippen LogP) is 4.05. The predicted molar refractivity (Wildman–Crippen MR) is 78.1 cm³/mol. The molecule has 0 fully saturated rings. The molecule has 0 saturated carbocycles. The summed E-state index contributed by atoms with van der Waals surface area (Å²) in [7, 11) is 0. The monoisotopic (exact) mass is 435 g/mol. The van der Waals surface area contributed by atoms with Gasteiger partial charge in [-0.05, 0) is 0 Å². The molecule has 0 radical (unpaired) electrons. The molecule has 1 aromatic heterocycles. The Labute approximate surface area is 154 Å². The Balaban J connectivity index is 2.63. The number of halogens is 8. The second kappa shape index (κ2) is 7.26. The summed E-state index contributed by atoms with van der Waals surface area (Å²) in [5.74, 6) is -1.14. The van der Waals surface area contributed by atoms with Gasteiger partial charge in [0.1, 0.15) is 17.8 Å². The molecule has 152 valence electrons. The zero-order valence-electron chi connectivity index (χ0n) is 12.9. The van der Waals surface area contributed by atoms with Crippen LogP contribution in [0.15, 0.2) is 29.3 Å². The van der Waals surface area contributed by atoms with Crippen molar-refractivity contribution >= 4 is 17.3 Å². The molecule has 0 bridgehead atoms. The summed E-state index contributed by atoms with van der Waals surface area (Å²) in [6.45, 7) is 0. The highest BCUT2D eigenvalue weighted by Gasteiger charge is 2.44. The molecule has 0 aliphatic rings. The van der Waals surface area contributed by atoms with Crippen molar-refractivity contribution in [3.05, 3.63) is 55.7 Å². The van der Waals surface area contributed by atoms with Crippen molar-refractivity contribution in [2.45, 2.75) is 18.7 Å². The number of ether oxygens (including phenoxy) is 1. The van der Waals surface area contributed by atoms with Gasteiger partial charge in [-0.1, -0.05) is 11.6 Å². The van der Waals surface area contributed by atoms with E-state index < -0.39 is 57.0 Å². The van der Waals surface area contributed by atoms with Crippen molar-refractivity contribution in [2.75, 3.05) is 0 Å². The first kappa shape index (κ1) is 21.4. The fourth-order valence-corrected chi connectivity index (χ4v) is 2.22. The first-order valence-corrected chi connectivity index (χ1v) is 7.11. The van der Waals surface area contributed by atoms with Gasteiger partial charge in [0.15, 0.2) is 5.69 Å². The standard InChI is InChI=1S/C13H5ClF7N3O4/c14-6-1-5(28-13(20,21)11(15)16)2-7(24(26)27)10(6)23-4-22-8(3-9(23)25)12(17,18)19/h1-4,11H. The lowest BCUT2D eigenvalue weighted by Crippen LogP contribution is -2.33. The van der Waals surface area contributed by atoms with Crippen molar-refractivity contribution < 1.29 is 40.4 Å². The van der Waals surface area contributed by atoms with Gasteiger partial charge in [-0.15, -0.1) is 0 Å². The lowest BCUT2D eigenvalue weighted by Gasteiger charge is -2.18. The Kier molecular flexibility index (Phi) is 5.55. The zero-order valence-corrected chi connectivity index (χ0v) is 13.6. The highest BCUT2D eigenvalue weighted by Crippen LogP contribution is 2.37. The van der Waals surface area contributed by atoms with Gasteiger partial charge in [0.2, 0.25) is 0 Å². The molecule has 2 aromatic rings. The smallest absolute Gasteiger partial charge is 0.428 e. The first-order chi connectivity index (χ1) is 12.7. The average molecular weight is 436 g/mol. The SMILES string of the molecule is O=c1cc(C(F)(F)F)ncn1-c1c(Cl)cc(OC(F)(F)C(F)F)cc1[N+](=O)[O-]. The summed E-state index contributed by atoms with van der Waals surface area (Å²) >= 11 is 5.70. The Morgan fingerprint density at radius 2 is 1.79 bits per heavy atom. The molecule has 0 saturated heterocycles. The number of rotatable bonds is 5. The summed E-state index contributed by atoms with van der Waals surface area (Å²) in [6, 6.07) is 0.724. The molecule has 0 spiro atoms. The van der Waals surface area contributed by atoms with E-state index in [1.54, 1.807) is 0 Å². The van der Waals surface area contributed by atoms with Gasteiger partial charge < -0.3 is 4.74 Å². The van der Waals surface area contributed by atoms with E-state index in [0.29, 0.717) is 6.07 Å². The molecule has 7 nitrogen and oxygen atoms in total. The minimum atomic E-state index is -5.01. The third-order valence-electron chi connectivity index (χ3n) is 3.06. The van der Waals surface area contributed by atoms with E-state index in [2.05, 4.69) is 9.72 Å². The lowest BCUT2D eigenvalue weighted by molar-refractivity contribution is -0.384. The molecule has 2 rings (SSSR count). The maximum atomic E-state index is 13.0. The number of nitro benzene ring substituents is 1. The quantitative estimate of drug-likeness (QED) is 0.402. The van der Waals surface area contributed by atoms with Crippen molar-refractivity contribution in [3.63, 3.8) is 0 Å². The van der Waals surface area contributed by atoms with Gasteiger partial charge in [-0.25, -0.2) is 4.98 Å². The van der Waals surface area contributed by atoms with Gasteiger partial charge in [0, 0.05) is 12.1 Å². The Morgan fingerprint density at radius 3 is 2.25 bits per heavy atom. The van der Waals surface area contributed by atoms with Crippen LogP contribution in [0.25, 0.3) is 5.69 Å². The highest BCUT2D eigenvalue weighted by molar-refractivity contribution is 6.33. The molecule has 0 atom stereocenters. The molecule has 0 N–H and O–H groups in total. The fourth-order valence-electron chi connectivity index (χ4n) is 1.92. The molecule has 0 aliphatic carbocycles. The van der Waals surface area contributed by atoms with Crippen LogP contribution in [0, 0.1) is 10.1 Å². The average Bonchev–Trinajstić information content (AvgIpc) is 2.53. The van der Waals surface area contributed by atoms with Gasteiger partial charge in [0.25, 0.3) is 11.2 Å². The minimum Gasteiger partial charge on any atom is -0.428 e. The third kappa shape index (κ3) is 4.32. The molecule has 1 aromatic carbocycles. The van der Waals surface area contributed by atoms with Crippen LogP contribution in [0.4, 0.5) is 36.4 Å². The lowest BCUT2D eigenvalue weighted by atomic mass is 10.2. The number of aromatic nitrogens is 2. The third-order valence-corrected chi connectivity index (χ3v) is 3.35. The Hall–Kier alpha value is -2.90. The maximum Gasteiger partial charge on any atom is 0.461 e. The van der Waals surface area contributed by atoms with Gasteiger partial charge >= 0.3 is 18.7 Å². The van der Waals surface area contributed by atoms with Crippen LogP contribution in [-0.2, 0) is 6.18 Å². The topological polar surface area (TPSA) is 87.3 Å². The van der Waals surface area contributed by atoms with Crippen LogP contribution in [-0.4, -0.2) is 27.0 Å². The second-order valence-electron chi connectivity index (χ2n) is 4.97. The van der Waals surface area contributed by atoms with Crippen molar-refractivity contribution in [1.82, 2.24) is 9.55 Å². The molecule has 1 heterocycles. The van der Waals surface area contributed by atoms with Crippen LogP contribution >= 0.6 is 11.6 Å². The van der Waals surface area contributed by atoms with Crippen molar-refractivity contribution in [2.24, 2.45) is 0 Å². The molecule has 0 aliphatic heterocycles. The number of benzene rings is 1. The van der Waals surface area contributed by atoms with E-state index in [4.69, 9.17) is 11.6 Å². The largest absolute Gasteiger partial charge is 0.461 e. The fraction of sp³-hybridized carbons (Fsp3) is 0.231. The van der Waals surface area contributed by atoms with E-state index in [9.17, 15) is 45.6 Å². The van der Waals surface area contributed by atoms with E-state index in [1.807, 2.05) is 0 Å². The molecular weight excluding hydrogens is 431 g/mol. The highest BCUT2D eigenvalue weighted by atomic mass is 35.5. The van der Waals surface area contributed by atoms with Crippen LogP contribution in [0.3, 0.4) is 0 Å². The molecular formula is C13H5ClF7N3O4. The van der Waals surface area contributed by atoms with Crippen molar-refractivity contribution in [1.29, 1.82) is 0 Å². The number of nitro groups is 1. The summed E-state index contributed by atoms with van der Waals surface area (Å²) in [5, 5.41) is 10.4.